The van der Waals surface area contributed by atoms with Crippen LogP contribution < -0.4 is 5.32 Å². The highest BCUT2D eigenvalue weighted by Crippen LogP contribution is 2.17. The van der Waals surface area contributed by atoms with Gasteiger partial charge in [0.1, 0.15) is 0 Å². The lowest BCUT2D eigenvalue weighted by Gasteiger charge is -2.21. The van der Waals surface area contributed by atoms with Crippen molar-refractivity contribution in [2.75, 3.05) is 13.2 Å². The molecule has 1 aliphatic heterocycles. The van der Waals surface area contributed by atoms with Crippen molar-refractivity contribution >= 4 is 0 Å². The lowest BCUT2D eigenvalue weighted by molar-refractivity contribution is 0.0803. The van der Waals surface area contributed by atoms with Crippen LogP contribution in [0.15, 0.2) is 0 Å². The number of hydrogen-bond donors (Lipinski definition) is 1. The number of rotatable bonds is 4. The lowest BCUT2D eigenvalue weighted by atomic mass is 10.1. The van der Waals surface area contributed by atoms with Gasteiger partial charge in [0.2, 0.25) is 0 Å². The van der Waals surface area contributed by atoms with Crippen molar-refractivity contribution in [3.05, 3.63) is 0 Å². The van der Waals surface area contributed by atoms with E-state index in [9.17, 15) is 0 Å². The maximum absolute atomic E-state index is 5.63. The van der Waals surface area contributed by atoms with E-state index in [0.717, 1.165) is 19.6 Å². The third-order valence-corrected chi connectivity index (χ3v) is 2.38. The van der Waals surface area contributed by atoms with Crippen LogP contribution in [-0.4, -0.2) is 25.3 Å². The van der Waals surface area contributed by atoms with Gasteiger partial charge in [0.25, 0.3) is 0 Å². The fraction of sp³-hybridized carbons (Fsp3) is 0.818. The maximum atomic E-state index is 5.63. The lowest BCUT2D eigenvalue weighted by Crippen LogP contribution is -2.39. The van der Waals surface area contributed by atoms with E-state index in [1.54, 1.807) is 0 Å². The van der Waals surface area contributed by atoms with E-state index in [4.69, 9.17) is 4.74 Å². The van der Waals surface area contributed by atoms with E-state index >= 15 is 0 Å². The van der Waals surface area contributed by atoms with Gasteiger partial charge in [-0.3, -0.25) is 0 Å². The Labute approximate surface area is 81.0 Å². The standard InChI is InChI=1S/C11H19NO/c1-3-5-7-10(12-4-2)11-8-6-9-13-11/h10-12H,4,6-9H2,1-2H3. The van der Waals surface area contributed by atoms with Crippen LogP contribution in [0.25, 0.3) is 0 Å². The van der Waals surface area contributed by atoms with Crippen LogP contribution in [0.2, 0.25) is 0 Å². The second-order valence-electron chi connectivity index (χ2n) is 3.35. The van der Waals surface area contributed by atoms with Crippen molar-refractivity contribution in [1.82, 2.24) is 5.32 Å². The van der Waals surface area contributed by atoms with Crippen molar-refractivity contribution in [1.29, 1.82) is 0 Å². The molecule has 2 nitrogen and oxygen atoms in total. The topological polar surface area (TPSA) is 21.3 Å². The zero-order valence-corrected chi connectivity index (χ0v) is 8.60. The molecule has 0 spiro atoms. The minimum atomic E-state index is 0.390. The van der Waals surface area contributed by atoms with Gasteiger partial charge in [-0.05, 0) is 26.3 Å². The molecule has 0 amide bonds. The third-order valence-electron chi connectivity index (χ3n) is 2.38. The van der Waals surface area contributed by atoms with Crippen LogP contribution >= 0.6 is 0 Å². The molecule has 1 rings (SSSR count). The predicted molar refractivity (Wildman–Crippen MR) is 54.5 cm³/mol. The minimum absolute atomic E-state index is 0.390. The molecule has 74 valence electrons. The van der Waals surface area contributed by atoms with Gasteiger partial charge in [-0.2, -0.15) is 0 Å². The van der Waals surface area contributed by atoms with Gasteiger partial charge in [0.15, 0.2) is 0 Å². The number of likely N-dealkylation sites (N-methyl/N-ethyl adjacent to an activating group) is 1. The molecule has 1 aliphatic rings. The van der Waals surface area contributed by atoms with Gasteiger partial charge >= 0.3 is 0 Å². The van der Waals surface area contributed by atoms with Gasteiger partial charge in [0, 0.05) is 19.1 Å². The summed E-state index contributed by atoms with van der Waals surface area (Å²) in [5, 5.41) is 3.43. The Kier molecular flexibility index (Phi) is 4.88. The van der Waals surface area contributed by atoms with Crippen LogP contribution in [0.3, 0.4) is 0 Å². The molecule has 2 atom stereocenters. The number of hydrogen-bond acceptors (Lipinski definition) is 2. The molecule has 0 aliphatic carbocycles. The molecule has 0 aromatic carbocycles. The molecular formula is C11H19NO. The monoisotopic (exact) mass is 181 g/mol. The molecule has 2 unspecified atom stereocenters. The zero-order valence-electron chi connectivity index (χ0n) is 8.60. The Balaban J connectivity index is 2.38. The van der Waals surface area contributed by atoms with Crippen LogP contribution in [0, 0.1) is 11.8 Å². The van der Waals surface area contributed by atoms with Gasteiger partial charge in [0.05, 0.1) is 6.10 Å². The molecule has 13 heavy (non-hydrogen) atoms. The van der Waals surface area contributed by atoms with E-state index in [2.05, 4.69) is 24.1 Å². The van der Waals surface area contributed by atoms with Crippen molar-refractivity contribution < 1.29 is 4.74 Å². The maximum Gasteiger partial charge on any atom is 0.0738 e. The summed E-state index contributed by atoms with van der Waals surface area (Å²) in [6.45, 7) is 5.93. The van der Waals surface area contributed by atoms with Crippen molar-refractivity contribution in [2.45, 2.75) is 45.3 Å². The number of ether oxygens (including phenoxy) is 1. The summed E-state index contributed by atoms with van der Waals surface area (Å²) in [6.07, 6.45) is 3.69. The average Bonchev–Trinajstić information content (AvgIpc) is 2.65. The molecule has 1 fully saturated rings. The van der Waals surface area contributed by atoms with Gasteiger partial charge in [-0.25, -0.2) is 0 Å². The second kappa shape index (κ2) is 6.01. The molecule has 0 radical (unpaired) electrons. The molecule has 0 aromatic rings. The summed E-state index contributed by atoms with van der Waals surface area (Å²) in [4.78, 5) is 0. The predicted octanol–water partition coefficient (Wildman–Crippen LogP) is 1.56. The average molecular weight is 181 g/mol. The highest BCUT2D eigenvalue weighted by Gasteiger charge is 2.24. The molecule has 0 aromatic heterocycles. The van der Waals surface area contributed by atoms with E-state index in [-0.39, 0.29) is 0 Å². The van der Waals surface area contributed by atoms with Gasteiger partial charge in [-0.1, -0.05) is 6.92 Å². The Morgan fingerprint density at radius 2 is 2.46 bits per heavy atom. The molecule has 0 saturated carbocycles. The molecule has 1 heterocycles. The first-order chi connectivity index (χ1) is 6.38. The summed E-state index contributed by atoms with van der Waals surface area (Å²) < 4.78 is 5.63. The molecule has 0 bridgehead atoms. The van der Waals surface area contributed by atoms with Crippen molar-refractivity contribution in [3.8, 4) is 11.8 Å². The Morgan fingerprint density at radius 1 is 1.62 bits per heavy atom. The zero-order chi connectivity index (χ0) is 9.52. The quantitative estimate of drug-likeness (QED) is 0.664. The number of nitrogens with one attached hydrogen (secondary N) is 1. The van der Waals surface area contributed by atoms with Crippen LogP contribution in [0.4, 0.5) is 0 Å². The van der Waals surface area contributed by atoms with Crippen LogP contribution in [0.5, 0.6) is 0 Å². The fourth-order valence-corrected chi connectivity index (χ4v) is 1.73. The highest BCUT2D eigenvalue weighted by atomic mass is 16.5. The van der Waals surface area contributed by atoms with E-state index < -0.39 is 0 Å². The smallest absolute Gasteiger partial charge is 0.0738 e. The minimum Gasteiger partial charge on any atom is -0.377 e. The van der Waals surface area contributed by atoms with E-state index in [1.807, 2.05) is 6.92 Å². The first-order valence-corrected chi connectivity index (χ1v) is 5.13. The largest absolute Gasteiger partial charge is 0.377 e. The van der Waals surface area contributed by atoms with Crippen LogP contribution in [0.1, 0.15) is 33.1 Å². The molecule has 1 N–H and O–H groups in total. The summed E-state index contributed by atoms with van der Waals surface area (Å²) >= 11 is 0. The Morgan fingerprint density at radius 3 is 3.00 bits per heavy atom. The molecule has 1 saturated heterocycles. The molecule has 2 heteroatoms. The third kappa shape index (κ3) is 3.38. The van der Waals surface area contributed by atoms with Crippen molar-refractivity contribution in [2.24, 2.45) is 0 Å². The first kappa shape index (κ1) is 10.6. The first-order valence-electron chi connectivity index (χ1n) is 5.13. The summed E-state index contributed by atoms with van der Waals surface area (Å²) in [5.41, 5.74) is 0. The SMILES string of the molecule is CC#CCC(NCC)C1CCCO1. The summed E-state index contributed by atoms with van der Waals surface area (Å²) in [5.74, 6) is 6.05. The Hall–Kier alpha value is -0.520. The second-order valence-corrected chi connectivity index (χ2v) is 3.35. The summed E-state index contributed by atoms with van der Waals surface area (Å²) in [6, 6.07) is 0.431. The van der Waals surface area contributed by atoms with E-state index in [1.165, 1.54) is 12.8 Å². The van der Waals surface area contributed by atoms with Gasteiger partial charge in [-0.15, -0.1) is 11.8 Å². The van der Waals surface area contributed by atoms with Crippen LogP contribution in [-0.2, 0) is 4.74 Å². The Bertz CT molecular complexity index is 186. The van der Waals surface area contributed by atoms with Gasteiger partial charge < -0.3 is 10.1 Å². The highest BCUT2D eigenvalue weighted by molar-refractivity contribution is 5.00. The van der Waals surface area contributed by atoms with E-state index in [0.29, 0.717) is 12.1 Å². The normalized spacial score (nSPS) is 23.7. The van der Waals surface area contributed by atoms with Crippen molar-refractivity contribution in [3.63, 3.8) is 0 Å². The molecular weight excluding hydrogens is 162 g/mol. The summed E-state index contributed by atoms with van der Waals surface area (Å²) in [7, 11) is 0. The fourth-order valence-electron chi connectivity index (χ4n) is 1.73.